The van der Waals surface area contributed by atoms with Crippen molar-refractivity contribution >= 4 is 28.3 Å². The molecule has 0 radical (unpaired) electrons. The van der Waals surface area contributed by atoms with E-state index in [1.807, 2.05) is 6.07 Å². The summed E-state index contributed by atoms with van der Waals surface area (Å²) in [7, 11) is 2.69. The summed E-state index contributed by atoms with van der Waals surface area (Å²) in [5, 5.41) is 12.2. The zero-order chi connectivity index (χ0) is 14.0. The molecule has 2 aromatic rings. The van der Waals surface area contributed by atoms with Crippen LogP contribution >= 0.6 is 11.6 Å². The van der Waals surface area contributed by atoms with E-state index < -0.39 is 12.1 Å². The lowest BCUT2D eigenvalue weighted by Crippen LogP contribution is -2.14. The molecule has 1 N–H and O–H groups in total. The molecule has 1 unspecified atom stereocenters. The van der Waals surface area contributed by atoms with E-state index in [0.717, 1.165) is 10.8 Å². The minimum absolute atomic E-state index is 0.351. The van der Waals surface area contributed by atoms with Gasteiger partial charge in [0.1, 0.15) is 5.75 Å². The van der Waals surface area contributed by atoms with Gasteiger partial charge in [-0.15, -0.1) is 0 Å². The van der Waals surface area contributed by atoms with Crippen molar-refractivity contribution in [2.75, 3.05) is 14.2 Å². The molecule has 0 saturated heterocycles. The Bertz CT molecular complexity index is 624. The zero-order valence-electron chi connectivity index (χ0n) is 10.5. The zero-order valence-corrected chi connectivity index (χ0v) is 11.3. The minimum Gasteiger partial charge on any atom is -0.496 e. The molecule has 4 nitrogen and oxygen atoms in total. The predicted molar refractivity (Wildman–Crippen MR) is 72.5 cm³/mol. The third-order valence-corrected chi connectivity index (χ3v) is 3.10. The standard InChI is InChI=1S/C14H13ClO4/c1-18-12-7-8-3-4-10(15)5-9(8)6-11(12)13(16)14(17)19-2/h3-7,13,16H,1-2H3. The van der Waals surface area contributed by atoms with Crippen LogP contribution in [-0.2, 0) is 9.53 Å². The van der Waals surface area contributed by atoms with E-state index in [1.165, 1.54) is 14.2 Å². The number of ether oxygens (including phenoxy) is 2. The van der Waals surface area contributed by atoms with Crippen molar-refractivity contribution < 1.29 is 19.4 Å². The Kier molecular flexibility index (Phi) is 3.93. The largest absolute Gasteiger partial charge is 0.496 e. The summed E-state index contributed by atoms with van der Waals surface area (Å²) in [6.45, 7) is 0. The highest BCUT2D eigenvalue weighted by Gasteiger charge is 2.22. The number of hydrogen-bond acceptors (Lipinski definition) is 4. The first-order valence-electron chi connectivity index (χ1n) is 5.60. The Morgan fingerprint density at radius 2 is 1.95 bits per heavy atom. The first kappa shape index (κ1) is 13.6. The quantitative estimate of drug-likeness (QED) is 0.879. The fourth-order valence-electron chi connectivity index (χ4n) is 1.89. The van der Waals surface area contributed by atoms with Crippen molar-refractivity contribution in [2.45, 2.75) is 6.10 Å². The molecule has 0 heterocycles. The van der Waals surface area contributed by atoms with Gasteiger partial charge in [-0.2, -0.15) is 0 Å². The number of carbonyl (C=O) groups excluding carboxylic acids is 1. The first-order valence-corrected chi connectivity index (χ1v) is 5.97. The number of fused-ring (bicyclic) bond motifs is 1. The Morgan fingerprint density at radius 1 is 1.21 bits per heavy atom. The normalized spacial score (nSPS) is 12.2. The van der Waals surface area contributed by atoms with Gasteiger partial charge in [0.25, 0.3) is 0 Å². The lowest BCUT2D eigenvalue weighted by Gasteiger charge is -2.14. The fourth-order valence-corrected chi connectivity index (χ4v) is 2.07. The van der Waals surface area contributed by atoms with Gasteiger partial charge in [-0.1, -0.05) is 17.7 Å². The maximum atomic E-state index is 11.4. The third-order valence-electron chi connectivity index (χ3n) is 2.87. The molecular formula is C14H13ClO4. The number of halogens is 1. The van der Waals surface area contributed by atoms with Crippen molar-refractivity contribution in [3.63, 3.8) is 0 Å². The summed E-state index contributed by atoms with van der Waals surface area (Å²) in [6, 6.07) is 8.77. The second kappa shape index (κ2) is 5.47. The van der Waals surface area contributed by atoms with Crippen LogP contribution in [0.15, 0.2) is 30.3 Å². The molecule has 0 aromatic heterocycles. The Morgan fingerprint density at radius 3 is 2.58 bits per heavy atom. The van der Waals surface area contributed by atoms with Crippen LogP contribution in [0, 0.1) is 0 Å². The second-order valence-electron chi connectivity index (χ2n) is 4.01. The second-order valence-corrected chi connectivity index (χ2v) is 4.45. The molecule has 0 aliphatic rings. The molecule has 0 aliphatic heterocycles. The van der Waals surface area contributed by atoms with E-state index in [9.17, 15) is 9.90 Å². The monoisotopic (exact) mass is 280 g/mol. The molecule has 2 rings (SSSR count). The van der Waals surface area contributed by atoms with Crippen molar-refractivity contribution in [1.82, 2.24) is 0 Å². The Balaban J connectivity index is 2.61. The average Bonchev–Trinajstić information content (AvgIpc) is 2.44. The Hall–Kier alpha value is -1.78. The van der Waals surface area contributed by atoms with Gasteiger partial charge in [0, 0.05) is 10.6 Å². The number of hydrogen-bond donors (Lipinski definition) is 1. The van der Waals surface area contributed by atoms with E-state index in [-0.39, 0.29) is 0 Å². The number of benzene rings is 2. The van der Waals surface area contributed by atoms with E-state index >= 15 is 0 Å². The Labute approximate surface area is 115 Å². The van der Waals surface area contributed by atoms with Gasteiger partial charge in [-0.3, -0.25) is 0 Å². The van der Waals surface area contributed by atoms with E-state index in [0.29, 0.717) is 16.3 Å². The summed E-state index contributed by atoms with van der Waals surface area (Å²) in [4.78, 5) is 11.4. The summed E-state index contributed by atoms with van der Waals surface area (Å²) < 4.78 is 9.73. The molecule has 1 atom stereocenters. The highest BCUT2D eigenvalue weighted by molar-refractivity contribution is 6.31. The van der Waals surface area contributed by atoms with Crippen molar-refractivity contribution in [1.29, 1.82) is 0 Å². The lowest BCUT2D eigenvalue weighted by molar-refractivity contribution is -0.150. The van der Waals surface area contributed by atoms with Crippen LogP contribution < -0.4 is 4.74 Å². The third kappa shape index (κ3) is 2.64. The fraction of sp³-hybridized carbons (Fsp3) is 0.214. The molecule has 0 spiro atoms. The average molecular weight is 281 g/mol. The van der Waals surface area contributed by atoms with Crippen molar-refractivity contribution in [3.05, 3.63) is 40.9 Å². The summed E-state index contributed by atoms with van der Waals surface area (Å²) in [5.41, 5.74) is 0.351. The van der Waals surface area contributed by atoms with Gasteiger partial charge in [-0.05, 0) is 35.0 Å². The smallest absolute Gasteiger partial charge is 0.339 e. The molecule has 2 aromatic carbocycles. The maximum absolute atomic E-state index is 11.4. The van der Waals surface area contributed by atoms with E-state index in [1.54, 1.807) is 24.3 Å². The van der Waals surface area contributed by atoms with Crippen molar-refractivity contribution in [2.24, 2.45) is 0 Å². The van der Waals surface area contributed by atoms with Crippen LogP contribution in [0.1, 0.15) is 11.7 Å². The van der Waals surface area contributed by atoms with Crippen LogP contribution in [0.25, 0.3) is 10.8 Å². The van der Waals surface area contributed by atoms with Crippen LogP contribution in [0.5, 0.6) is 5.75 Å². The minimum atomic E-state index is -1.39. The number of methoxy groups -OCH3 is 2. The molecule has 0 bridgehead atoms. The summed E-state index contributed by atoms with van der Waals surface area (Å²) >= 11 is 5.93. The van der Waals surface area contributed by atoms with Gasteiger partial charge in [0.05, 0.1) is 14.2 Å². The van der Waals surface area contributed by atoms with Gasteiger partial charge < -0.3 is 14.6 Å². The highest BCUT2D eigenvalue weighted by atomic mass is 35.5. The van der Waals surface area contributed by atoms with Crippen molar-refractivity contribution in [3.8, 4) is 5.75 Å². The molecule has 0 amide bonds. The van der Waals surface area contributed by atoms with Crippen LogP contribution in [0.3, 0.4) is 0 Å². The molecule has 5 heteroatoms. The summed E-state index contributed by atoms with van der Waals surface area (Å²) in [6.07, 6.45) is -1.39. The molecule has 0 fully saturated rings. The topological polar surface area (TPSA) is 55.8 Å². The molecule has 19 heavy (non-hydrogen) atoms. The van der Waals surface area contributed by atoms with Crippen LogP contribution in [0.4, 0.5) is 0 Å². The molecule has 0 saturated carbocycles. The number of aliphatic hydroxyl groups excluding tert-OH is 1. The van der Waals surface area contributed by atoms with E-state index in [4.69, 9.17) is 16.3 Å². The van der Waals surface area contributed by atoms with Crippen LogP contribution in [0.2, 0.25) is 5.02 Å². The number of rotatable bonds is 3. The number of esters is 1. The number of carbonyl (C=O) groups is 1. The van der Waals surface area contributed by atoms with Gasteiger partial charge in [0.15, 0.2) is 6.10 Å². The number of aliphatic hydroxyl groups is 1. The highest BCUT2D eigenvalue weighted by Crippen LogP contribution is 2.32. The summed E-state index contributed by atoms with van der Waals surface area (Å²) in [5.74, 6) is -0.313. The van der Waals surface area contributed by atoms with Gasteiger partial charge in [0.2, 0.25) is 0 Å². The van der Waals surface area contributed by atoms with E-state index in [2.05, 4.69) is 4.74 Å². The van der Waals surface area contributed by atoms with Gasteiger partial charge >= 0.3 is 5.97 Å². The van der Waals surface area contributed by atoms with Crippen LogP contribution in [-0.4, -0.2) is 25.3 Å². The first-order chi connectivity index (χ1) is 9.06. The predicted octanol–water partition coefficient (Wildman–Crippen LogP) is 2.71. The SMILES string of the molecule is COC(=O)C(O)c1cc2cc(Cl)ccc2cc1OC. The molecule has 0 aliphatic carbocycles. The van der Waals surface area contributed by atoms with Gasteiger partial charge in [-0.25, -0.2) is 4.79 Å². The lowest BCUT2D eigenvalue weighted by atomic mass is 10.0. The molecule has 100 valence electrons. The molecular weight excluding hydrogens is 268 g/mol. The maximum Gasteiger partial charge on any atom is 0.339 e.